The highest BCUT2D eigenvalue weighted by Gasteiger charge is 2.39. The Bertz CT molecular complexity index is 441. The van der Waals surface area contributed by atoms with Gasteiger partial charge in [0.15, 0.2) is 0 Å². The molecule has 1 atom stereocenters. The number of benzene rings is 1. The number of nitrogens with zero attached hydrogens (tertiary/aromatic N) is 1. The summed E-state index contributed by atoms with van der Waals surface area (Å²) >= 11 is 0. The van der Waals surface area contributed by atoms with Crippen molar-refractivity contribution in [2.75, 3.05) is 5.01 Å². The van der Waals surface area contributed by atoms with E-state index in [0.29, 0.717) is 5.92 Å². The third kappa shape index (κ3) is 2.64. The number of nitrogens with one attached hydrogen (secondary N) is 2. The van der Waals surface area contributed by atoms with Crippen LogP contribution in [0.5, 0.6) is 0 Å². The molecule has 1 fully saturated rings. The zero-order valence-corrected chi connectivity index (χ0v) is 11.4. The van der Waals surface area contributed by atoms with Gasteiger partial charge in [-0.2, -0.15) is 0 Å². The zero-order valence-electron chi connectivity index (χ0n) is 11.4. The van der Waals surface area contributed by atoms with Gasteiger partial charge >= 0.3 is 6.03 Å². The summed E-state index contributed by atoms with van der Waals surface area (Å²) in [6.07, 6.45) is 0.890. The van der Waals surface area contributed by atoms with Crippen molar-refractivity contribution < 1.29 is 4.79 Å². The first-order chi connectivity index (χ1) is 8.39. The van der Waals surface area contributed by atoms with E-state index in [2.05, 4.69) is 24.6 Å². The quantitative estimate of drug-likeness (QED) is 0.862. The van der Waals surface area contributed by atoms with Gasteiger partial charge in [-0.25, -0.2) is 15.2 Å². The van der Waals surface area contributed by atoms with E-state index in [9.17, 15) is 4.79 Å². The Morgan fingerprint density at radius 1 is 1.28 bits per heavy atom. The Kier molecular flexibility index (Phi) is 3.30. The summed E-state index contributed by atoms with van der Waals surface area (Å²) in [4.78, 5) is 12.0. The van der Waals surface area contributed by atoms with E-state index >= 15 is 0 Å². The summed E-state index contributed by atoms with van der Waals surface area (Å²) in [6.45, 7) is 8.34. The fourth-order valence-electron chi connectivity index (χ4n) is 2.41. The second-order valence-corrected chi connectivity index (χ2v) is 5.64. The van der Waals surface area contributed by atoms with Gasteiger partial charge in [-0.15, -0.1) is 0 Å². The first kappa shape index (κ1) is 12.9. The van der Waals surface area contributed by atoms with Crippen LogP contribution in [-0.4, -0.2) is 11.7 Å². The van der Waals surface area contributed by atoms with Gasteiger partial charge in [0.1, 0.15) is 5.66 Å². The number of carbonyl (C=O) groups excluding carboxylic acids is 1. The molecule has 4 heteroatoms. The standard InChI is InChI=1S/C14H21N3O/c1-10(2)9-14(4)15-13(18)17(16-14)12-7-5-11(3)6-8-12/h5-8,10,16H,9H2,1-4H3,(H,15,18). The Morgan fingerprint density at radius 3 is 2.44 bits per heavy atom. The Hall–Kier alpha value is -1.55. The summed E-state index contributed by atoms with van der Waals surface area (Å²) < 4.78 is 0. The first-order valence-corrected chi connectivity index (χ1v) is 6.36. The zero-order chi connectivity index (χ0) is 13.3. The van der Waals surface area contributed by atoms with Gasteiger partial charge in [-0.1, -0.05) is 31.5 Å². The van der Waals surface area contributed by atoms with Crippen molar-refractivity contribution in [3.05, 3.63) is 29.8 Å². The van der Waals surface area contributed by atoms with Crippen LogP contribution in [-0.2, 0) is 0 Å². The van der Waals surface area contributed by atoms with E-state index in [1.807, 2.05) is 38.1 Å². The maximum Gasteiger partial charge on any atom is 0.338 e. The summed E-state index contributed by atoms with van der Waals surface area (Å²) in [6, 6.07) is 7.80. The van der Waals surface area contributed by atoms with Crippen LogP contribution in [0.25, 0.3) is 0 Å². The predicted octanol–water partition coefficient (Wildman–Crippen LogP) is 2.79. The Morgan fingerprint density at radius 2 is 1.89 bits per heavy atom. The van der Waals surface area contributed by atoms with Gasteiger partial charge in [-0.05, 0) is 38.3 Å². The fraction of sp³-hybridized carbons (Fsp3) is 0.500. The topological polar surface area (TPSA) is 44.4 Å². The smallest absolute Gasteiger partial charge is 0.317 e. The molecule has 18 heavy (non-hydrogen) atoms. The van der Waals surface area contributed by atoms with E-state index in [1.54, 1.807) is 5.01 Å². The maximum absolute atomic E-state index is 12.0. The maximum atomic E-state index is 12.0. The number of rotatable bonds is 3. The highest BCUT2D eigenvalue weighted by atomic mass is 16.2. The molecule has 0 radical (unpaired) electrons. The number of anilines is 1. The number of aryl methyl sites for hydroxylation is 1. The molecule has 1 saturated heterocycles. The Labute approximate surface area is 108 Å². The van der Waals surface area contributed by atoms with E-state index in [1.165, 1.54) is 5.56 Å². The lowest BCUT2D eigenvalue weighted by Gasteiger charge is -2.26. The molecule has 0 bridgehead atoms. The van der Waals surface area contributed by atoms with Gasteiger partial charge in [0.25, 0.3) is 0 Å². The van der Waals surface area contributed by atoms with Crippen molar-refractivity contribution in [2.45, 2.75) is 39.8 Å². The molecule has 2 rings (SSSR count). The number of amides is 2. The van der Waals surface area contributed by atoms with Gasteiger partial charge in [-0.3, -0.25) is 0 Å². The molecule has 2 amide bonds. The second-order valence-electron chi connectivity index (χ2n) is 5.64. The molecular formula is C14H21N3O. The summed E-state index contributed by atoms with van der Waals surface area (Å²) in [5.41, 5.74) is 4.94. The first-order valence-electron chi connectivity index (χ1n) is 6.36. The van der Waals surface area contributed by atoms with Crippen LogP contribution >= 0.6 is 0 Å². The molecule has 1 aliphatic rings. The van der Waals surface area contributed by atoms with Crippen molar-refractivity contribution in [1.82, 2.24) is 10.7 Å². The normalized spacial score (nSPS) is 23.6. The van der Waals surface area contributed by atoms with Crippen molar-refractivity contribution in [2.24, 2.45) is 5.92 Å². The summed E-state index contributed by atoms with van der Waals surface area (Å²) in [5.74, 6) is 0.515. The van der Waals surface area contributed by atoms with Crippen molar-refractivity contribution in [1.29, 1.82) is 0 Å². The fourth-order valence-corrected chi connectivity index (χ4v) is 2.41. The molecule has 0 aliphatic carbocycles. The molecule has 0 saturated carbocycles. The largest absolute Gasteiger partial charge is 0.338 e. The van der Waals surface area contributed by atoms with Gasteiger partial charge in [0.2, 0.25) is 0 Å². The van der Waals surface area contributed by atoms with Crippen LogP contribution in [0.4, 0.5) is 10.5 Å². The molecule has 1 aliphatic heterocycles. The van der Waals surface area contributed by atoms with Gasteiger partial charge in [0, 0.05) is 0 Å². The number of hydrazine groups is 1. The number of carbonyl (C=O) groups is 1. The third-order valence-corrected chi connectivity index (χ3v) is 3.05. The minimum absolute atomic E-state index is 0.0954. The van der Waals surface area contributed by atoms with Crippen LogP contribution in [0.1, 0.15) is 32.8 Å². The lowest BCUT2D eigenvalue weighted by Crippen LogP contribution is -2.49. The minimum Gasteiger partial charge on any atom is -0.317 e. The molecule has 1 aromatic carbocycles. The van der Waals surface area contributed by atoms with Crippen molar-refractivity contribution in [3.8, 4) is 0 Å². The molecule has 1 unspecified atom stereocenters. The van der Waals surface area contributed by atoms with E-state index in [-0.39, 0.29) is 11.7 Å². The van der Waals surface area contributed by atoms with Crippen LogP contribution < -0.4 is 15.8 Å². The highest BCUT2D eigenvalue weighted by Crippen LogP contribution is 2.23. The average molecular weight is 247 g/mol. The molecular weight excluding hydrogens is 226 g/mol. The molecule has 2 N–H and O–H groups in total. The lowest BCUT2D eigenvalue weighted by molar-refractivity contribution is 0.243. The molecule has 1 aromatic rings. The SMILES string of the molecule is Cc1ccc(N2NC(C)(CC(C)C)NC2=O)cc1. The third-order valence-electron chi connectivity index (χ3n) is 3.05. The molecule has 4 nitrogen and oxygen atoms in total. The van der Waals surface area contributed by atoms with Gasteiger partial charge < -0.3 is 5.32 Å². The van der Waals surface area contributed by atoms with Crippen LogP contribution in [0.15, 0.2) is 24.3 Å². The van der Waals surface area contributed by atoms with Crippen LogP contribution in [0.2, 0.25) is 0 Å². The van der Waals surface area contributed by atoms with E-state index < -0.39 is 0 Å². The monoisotopic (exact) mass is 247 g/mol. The van der Waals surface area contributed by atoms with Gasteiger partial charge in [0.05, 0.1) is 5.69 Å². The number of hydrogen-bond donors (Lipinski definition) is 2. The summed E-state index contributed by atoms with van der Waals surface area (Å²) in [5, 5.41) is 4.59. The molecule has 0 aromatic heterocycles. The van der Waals surface area contributed by atoms with Crippen LogP contribution in [0.3, 0.4) is 0 Å². The number of urea groups is 1. The molecule has 98 valence electrons. The van der Waals surface area contributed by atoms with E-state index in [4.69, 9.17) is 0 Å². The minimum atomic E-state index is -0.365. The van der Waals surface area contributed by atoms with Crippen molar-refractivity contribution >= 4 is 11.7 Å². The Balaban J connectivity index is 2.16. The van der Waals surface area contributed by atoms with Crippen LogP contribution in [0, 0.1) is 12.8 Å². The molecule has 0 spiro atoms. The predicted molar refractivity (Wildman–Crippen MR) is 73.2 cm³/mol. The van der Waals surface area contributed by atoms with E-state index in [0.717, 1.165) is 12.1 Å². The number of hydrogen-bond acceptors (Lipinski definition) is 2. The lowest BCUT2D eigenvalue weighted by atomic mass is 10.0. The summed E-state index contributed by atoms with van der Waals surface area (Å²) in [7, 11) is 0. The average Bonchev–Trinajstić information content (AvgIpc) is 2.54. The molecule has 1 heterocycles. The second kappa shape index (κ2) is 4.61. The van der Waals surface area contributed by atoms with Crippen molar-refractivity contribution in [3.63, 3.8) is 0 Å². The highest BCUT2D eigenvalue weighted by molar-refractivity contribution is 5.93.